The lowest BCUT2D eigenvalue weighted by atomic mass is 10.2. The fraction of sp³-hybridized carbons (Fsp3) is 0.444. The molecule has 0 aliphatic rings. The second-order valence-electron chi connectivity index (χ2n) is 3.39. The van der Waals surface area contributed by atoms with Gasteiger partial charge in [0.15, 0.2) is 0 Å². The normalized spacial score (nSPS) is 12.2. The summed E-state index contributed by atoms with van der Waals surface area (Å²) in [5, 5.41) is 13.6. The van der Waals surface area contributed by atoms with Gasteiger partial charge in [0.1, 0.15) is 5.82 Å². The molecule has 3 N–H and O–H groups in total. The summed E-state index contributed by atoms with van der Waals surface area (Å²) in [5.41, 5.74) is 6.04. The minimum absolute atomic E-state index is 0.0415. The van der Waals surface area contributed by atoms with Crippen molar-refractivity contribution in [3.63, 3.8) is 0 Å². The number of nitrogens with zero attached hydrogens (tertiary/aromatic N) is 2. The van der Waals surface area contributed by atoms with E-state index >= 15 is 0 Å². The second-order valence-corrected chi connectivity index (χ2v) is 3.39. The number of nitro groups is 1. The van der Waals surface area contributed by atoms with Gasteiger partial charge in [0.2, 0.25) is 0 Å². The van der Waals surface area contributed by atoms with Gasteiger partial charge >= 0.3 is 0 Å². The highest BCUT2D eigenvalue weighted by molar-refractivity contribution is 5.49. The number of aromatic nitrogens is 1. The minimum Gasteiger partial charge on any atom is -0.366 e. The molecule has 0 aliphatic heterocycles. The van der Waals surface area contributed by atoms with Crippen LogP contribution in [0.2, 0.25) is 0 Å². The fourth-order valence-corrected chi connectivity index (χ4v) is 1.10. The average Bonchev–Trinajstić information content (AvgIpc) is 2.20. The van der Waals surface area contributed by atoms with Gasteiger partial charge in [-0.1, -0.05) is 0 Å². The second kappa shape index (κ2) is 4.70. The molecule has 0 radical (unpaired) electrons. The predicted octanol–water partition coefficient (Wildman–Crippen LogP) is 1.06. The van der Waals surface area contributed by atoms with Crippen molar-refractivity contribution in [2.24, 2.45) is 5.73 Å². The van der Waals surface area contributed by atoms with E-state index in [9.17, 15) is 10.1 Å². The quantitative estimate of drug-likeness (QED) is 0.572. The van der Waals surface area contributed by atoms with Crippen LogP contribution in [-0.4, -0.2) is 22.5 Å². The Hall–Kier alpha value is -1.69. The molecule has 0 saturated heterocycles. The number of aryl methyl sites for hydroxylation is 1. The number of hydrogen-bond acceptors (Lipinski definition) is 5. The van der Waals surface area contributed by atoms with Crippen LogP contribution in [0.5, 0.6) is 0 Å². The molecule has 0 spiro atoms. The van der Waals surface area contributed by atoms with Crippen LogP contribution in [0.25, 0.3) is 0 Å². The van der Waals surface area contributed by atoms with Crippen LogP contribution in [0.4, 0.5) is 11.5 Å². The van der Waals surface area contributed by atoms with Crippen molar-refractivity contribution in [3.8, 4) is 0 Å². The number of nitrogens with two attached hydrogens (primary N) is 1. The van der Waals surface area contributed by atoms with Crippen LogP contribution in [0.15, 0.2) is 12.3 Å². The molecule has 0 fully saturated rings. The molecular weight excluding hydrogens is 196 g/mol. The summed E-state index contributed by atoms with van der Waals surface area (Å²) in [7, 11) is 0. The third-order valence-corrected chi connectivity index (χ3v) is 2.02. The molecule has 6 nitrogen and oxygen atoms in total. The Kier molecular flexibility index (Phi) is 3.56. The summed E-state index contributed by atoms with van der Waals surface area (Å²) in [4.78, 5) is 14.3. The Labute approximate surface area is 87.7 Å². The van der Waals surface area contributed by atoms with Crippen LogP contribution in [0, 0.1) is 17.0 Å². The summed E-state index contributed by atoms with van der Waals surface area (Å²) < 4.78 is 0. The molecule has 0 saturated carbocycles. The zero-order chi connectivity index (χ0) is 11.4. The van der Waals surface area contributed by atoms with Gasteiger partial charge in [-0.15, -0.1) is 0 Å². The SMILES string of the molecule is Cc1cnc(NC(C)CN)cc1[N+](=O)[O-]. The van der Waals surface area contributed by atoms with E-state index in [0.717, 1.165) is 0 Å². The Bertz CT molecular complexity index is 367. The van der Waals surface area contributed by atoms with Gasteiger partial charge in [-0.3, -0.25) is 10.1 Å². The summed E-state index contributed by atoms with van der Waals surface area (Å²) >= 11 is 0. The van der Waals surface area contributed by atoms with Crippen molar-refractivity contribution >= 4 is 11.5 Å². The third kappa shape index (κ3) is 2.88. The number of rotatable bonds is 4. The van der Waals surface area contributed by atoms with Crippen LogP contribution in [0.1, 0.15) is 12.5 Å². The molecule has 0 aromatic carbocycles. The Morgan fingerprint density at radius 2 is 2.40 bits per heavy atom. The number of nitrogens with one attached hydrogen (secondary N) is 1. The number of pyridine rings is 1. The highest BCUT2D eigenvalue weighted by Gasteiger charge is 2.12. The molecule has 1 aromatic heterocycles. The first-order valence-corrected chi connectivity index (χ1v) is 4.62. The first-order chi connectivity index (χ1) is 7.04. The molecule has 82 valence electrons. The lowest BCUT2D eigenvalue weighted by Gasteiger charge is -2.11. The summed E-state index contributed by atoms with van der Waals surface area (Å²) in [6.07, 6.45) is 1.48. The lowest BCUT2D eigenvalue weighted by Crippen LogP contribution is -2.25. The highest BCUT2D eigenvalue weighted by Crippen LogP contribution is 2.19. The van der Waals surface area contributed by atoms with Gasteiger partial charge < -0.3 is 11.1 Å². The third-order valence-electron chi connectivity index (χ3n) is 2.02. The average molecular weight is 210 g/mol. The van der Waals surface area contributed by atoms with E-state index in [-0.39, 0.29) is 11.7 Å². The zero-order valence-corrected chi connectivity index (χ0v) is 8.73. The minimum atomic E-state index is -0.421. The van der Waals surface area contributed by atoms with E-state index in [1.807, 2.05) is 6.92 Å². The van der Waals surface area contributed by atoms with Gasteiger partial charge in [-0.25, -0.2) is 4.98 Å². The van der Waals surface area contributed by atoms with E-state index < -0.39 is 4.92 Å². The van der Waals surface area contributed by atoms with Crippen molar-refractivity contribution in [1.29, 1.82) is 0 Å². The van der Waals surface area contributed by atoms with Crippen LogP contribution < -0.4 is 11.1 Å². The van der Waals surface area contributed by atoms with E-state index in [2.05, 4.69) is 10.3 Å². The summed E-state index contributed by atoms with van der Waals surface area (Å²) in [5.74, 6) is 0.477. The van der Waals surface area contributed by atoms with Crippen LogP contribution in [0.3, 0.4) is 0 Å². The first-order valence-electron chi connectivity index (χ1n) is 4.62. The summed E-state index contributed by atoms with van der Waals surface area (Å²) in [6, 6.07) is 1.46. The van der Waals surface area contributed by atoms with Crippen LogP contribution >= 0.6 is 0 Å². The largest absolute Gasteiger partial charge is 0.366 e. The van der Waals surface area contributed by atoms with Crippen molar-refractivity contribution in [3.05, 3.63) is 27.9 Å². The standard InChI is InChI=1S/C9H14N4O2/c1-6-5-11-9(12-7(2)4-10)3-8(6)13(14)15/h3,5,7H,4,10H2,1-2H3,(H,11,12). The van der Waals surface area contributed by atoms with Crippen molar-refractivity contribution < 1.29 is 4.92 Å². The van der Waals surface area contributed by atoms with Gasteiger partial charge in [0, 0.05) is 24.3 Å². The highest BCUT2D eigenvalue weighted by atomic mass is 16.6. The molecule has 1 unspecified atom stereocenters. The van der Waals surface area contributed by atoms with Crippen molar-refractivity contribution in [2.45, 2.75) is 19.9 Å². The molecule has 6 heteroatoms. The van der Waals surface area contributed by atoms with Crippen molar-refractivity contribution in [2.75, 3.05) is 11.9 Å². The molecule has 1 aromatic rings. The summed E-state index contributed by atoms with van der Waals surface area (Å²) in [6.45, 7) is 3.98. The molecule has 15 heavy (non-hydrogen) atoms. The fourth-order valence-electron chi connectivity index (χ4n) is 1.10. The van der Waals surface area contributed by atoms with Gasteiger partial charge in [0.05, 0.1) is 11.0 Å². The first kappa shape index (κ1) is 11.4. The Morgan fingerprint density at radius 3 is 2.93 bits per heavy atom. The van der Waals surface area contributed by atoms with Gasteiger partial charge in [-0.2, -0.15) is 0 Å². The van der Waals surface area contributed by atoms with E-state index in [1.54, 1.807) is 6.92 Å². The van der Waals surface area contributed by atoms with Gasteiger partial charge in [-0.05, 0) is 13.8 Å². The van der Waals surface area contributed by atoms with E-state index in [1.165, 1.54) is 12.3 Å². The molecule has 1 atom stereocenters. The topological polar surface area (TPSA) is 94.1 Å². The molecule has 0 amide bonds. The monoisotopic (exact) mass is 210 g/mol. The molecule has 0 bridgehead atoms. The smallest absolute Gasteiger partial charge is 0.277 e. The maximum Gasteiger partial charge on any atom is 0.277 e. The van der Waals surface area contributed by atoms with Crippen molar-refractivity contribution in [1.82, 2.24) is 4.98 Å². The maximum atomic E-state index is 10.7. The molecule has 1 rings (SSSR count). The Morgan fingerprint density at radius 1 is 1.73 bits per heavy atom. The zero-order valence-electron chi connectivity index (χ0n) is 8.73. The van der Waals surface area contributed by atoms with Crippen LogP contribution in [-0.2, 0) is 0 Å². The Balaban J connectivity index is 2.92. The molecular formula is C9H14N4O2. The van der Waals surface area contributed by atoms with Gasteiger partial charge in [0.25, 0.3) is 5.69 Å². The van der Waals surface area contributed by atoms with E-state index in [0.29, 0.717) is 17.9 Å². The lowest BCUT2D eigenvalue weighted by molar-refractivity contribution is -0.385. The molecule has 0 aliphatic carbocycles. The number of anilines is 1. The predicted molar refractivity (Wildman–Crippen MR) is 57.8 cm³/mol. The van der Waals surface area contributed by atoms with E-state index in [4.69, 9.17) is 5.73 Å². The maximum absolute atomic E-state index is 10.7. The number of hydrogen-bond donors (Lipinski definition) is 2. The molecule has 1 heterocycles.